The minimum Gasteiger partial charge on any atom is -0.328 e. The van der Waals surface area contributed by atoms with Crippen LogP contribution < -0.4 is 5.32 Å². The summed E-state index contributed by atoms with van der Waals surface area (Å²) in [6, 6.07) is 2.14. The normalized spacial score (nSPS) is 15.8. The number of imidazole rings is 1. The molecule has 0 aromatic carbocycles. The van der Waals surface area contributed by atoms with Gasteiger partial charge in [-0.1, -0.05) is 6.92 Å². The summed E-state index contributed by atoms with van der Waals surface area (Å²) < 4.78 is 6.70. The van der Waals surface area contributed by atoms with Gasteiger partial charge >= 0.3 is 0 Å². The van der Waals surface area contributed by atoms with Crippen LogP contribution in [0.1, 0.15) is 31.2 Å². The molecular weight excluding hydrogens is 396 g/mol. The zero-order valence-electron chi connectivity index (χ0n) is 17.3. The number of likely N-dealkylation sites (tertiary alicyclic amines) is 1. The number of hydrogen-bond donors (Lipinski definition) is 2. The van der Waals surface area contributed by atoms with E-state index < -0.39 is 0 Å². The van der Waals surface area contributed by atoms with E-state index in [0.29, 0.717) is 0 Å². The molecule has 1 saturated heterocycles. The van der Waals surface area contributed by atoms with Crippen LogP contribution in [0.4, 0.5) is 10.8 Å². The molecule has 0 radical (unpaired) electrons. The van der Waals surface area contributed by atoms with Crippen molar-refractivity contribution in [3.8, 4) is 11.3 Å². The lowest BCUT2D eigenvalue weighted by Crippen LogP contribution is -2.34. The monoisotopic (exact) mass is 422 g/mol. The van der Waals surface area contributed by atoms with Crippen LogP contribution in [0.15, 0.2) is 30.9 Å². The fourth-order valence-electron chi connectivity index (χ4n) is 3.96. The van der Waals surface area contributed by atoms with E-state index in [0.717, 1.165) is 58.0 Å². The molecule has 5 heterocycles. The van der Waals surface area contributed by atoms with Gasteiger partial charge in [-0.15, -0.1) is 0 Å². The van der Waals surface area contributed by atoms with Crippen LogP contribution in [0.2, 0.25) is 0 Å². The molecule has 0 atom stereocenters. The van der Waals surface area contributed by atoms with Gasteiger partial charge in [-0.3, -0.25) is 9.50 Å². The Labute approximate surface area is 179 Å². The van der Waals surface area contributed by atoms with E-state index in [9.17, 15) is 0 Å². The number of aromatic nitrogens is 6. The van der Waals surface area contributed by atoms with Crippen LogP contribution >= 0.6 is 11.5 Å². The molecule has 0 spiro atoms. The standard InChI is InChI=1S/C21H26N8S/c1-14-3-6-28(7-4-14)8-5-17-9-19(30-27-17)26-20-21-22-12-18(16-10-23-24-11-16)29(21)13-15(2)25-20/h9-14H,3-8H2,1-2H3,(H,23,24)(H,25,26). The first-order chi connectivity index (χ1) is 14.7. The maximum atomic E-state index is 4.68. The van der Waals surface area contributed by atoms with Gasteiger partial charge in [-0.25, -0.2) is 9.97 Å². The first kappa shape index (κ1) is 19.2. The van der Waals surface area contributed by atoms with Crippen molar-refractivity contribution in [2.45, 2.75) is 33.1 Å². The van der Waals surface area contributed by atoms with Gasteiger partial charge in [0.05, 0.1) is 29.5 Å². The number of anilines is 2. The van der Waals surface area contributed by atoms with E-state index in [-0.39, 0.29) is 0 Å². The third-order valence-corrected chi connectivity index (χ3v) is 6.51. The average molecular weight is 423 g/mol. The largest absolute Gasteiger partial charge is 0.328 e. The summed E-state index contributed by atoms with van der Waals surface area (Å²) in [6.45, 7) is 7.84. The molecule has 30 heavy (non-hydrogen) atoms. The molecule has 4 aromatic heterocycles. The third-order valence-electron chi connectivity index (χ3n) is 5.77. The van der Waals surface area contributed by atoms with Crippen LogP contribution in [0.5, 0.6) is 0 Å². The highest BCUT2D eigenvalue weighted by atomic mass is 32.1. The van der Waals surface area contributed by atoms with E-state index >= 15 is 0 Å². The zero-order valence-corrected chi connectivity index (χ0v) is 18.1. The predicted octanol–water partition coefficient (Wildman–Crippen LogP) is 3.90. The molecule has 9 heteroatoms. The topological polar surface area (TPSA) is 87.0 Å². The highest BCUT2D eigenvalue weighted by Crippen LogP contribution is 2.27. The van der Waals surface area contributed by atoms with E-state index in [1.807, 2.05) is 25.5 Å². The Bertz CT molecular complexity index is 1120. The Morgan fingerprint density at radius 1 is 1.27 bits per heavy atom. The Hall–Kier alpha value is -2.78. The highest BCUT2D eigenvalue weighted by Gasteiger charge is 2.16. The maximum Gasteiger partial charge on any atom is 0.180 e. The van der Waals surface area contributed by atoms with Gasteiger partial charge in [0.2, 0.25) is 0 Å². The highest BCUT2D eigenvalue weighted by molar-refractivity contribution is 7.10. The molecule has 1 aliphatic rings. The summed E-state index contributed by atoms with van der Waals surface area (Å²) >= 11 is 1.48. The van der Waals surface area contributed by atoms with Gasteiger partial charge in [0.25, 0.3) is 0 Å². The number of aryl methyl sites for hydroxylation is 1. The van der Waals surface area contributed by atoms with Crippen molar-refractivity contribution >= 4 is 28.0 Å². The molecule has 0 aliphatic carbocycles. The SMILES string of the molecule is Cc1cn2c(-c3cn[nH]c3)cnc2c(Nc2cc(CCN3CCC(C)CC3)ns2)n1. The van der Waals surface area contributed by atoms with E-state index in [1.54, 1.807) is 6.20 Å². The molecule has 0 unspecified atom stereocenters. The second-order valence-corrected chi connectivity index (χ2v) is 8.94. The van der Waals surface area contributed by atoms with E-state index in [1.165, 1.54) is 37.5 Å². The summed E-state index contributed by atoms with van der Waals surface area (Å²) in [6.07, 6.45) is 11.1. The number of piperidine rings is 1. The molecule has 0 amide bonds. The van der Waals surface area contributed by atoms with Gasteiger partial charge in [0.1, 0.15) is 5.00 Å². The van der Waals surface area contributed by atoms with Crippen molar-refractivity contribution in [1.82, 2.24) is 33.8 Å². The Morgan fingerprint density at radius 3 is 2.93 bits per heavy atom. The number of H-pyrrole nitrogens is 1. The van der Waals surface area contributed by atoms with Crippen molar-refractivity contribution < 1.29 is 0 Å². The first-order valence-electron chi connectivity index (χ1n) is 10.4. The van der Waals surface area contributed by atoms with E-state index in [2.05, 4.69) is 52.1 Å². The minimum absolute atomic E-state index is 0.741. The number of nitrogens with zero attached hydrogens (tertiary/aromatic N) is 6. The quantitative estimate of drug-likeness (QED) is 0.490. The van der Waals surface area contributed by atoms with E-state index in [4.69, 9.17) is 0 Å². The molecular formula is C21H26N8S. The average Bonchev–Trinajstić information content (AvgIpc) is 3.48. The minimum atomic E-state index is 0.741. The molecule has 1 aliphatic heterocycles. The molecule has 5 rings (SSSR count). The molecule has 8 nitrogen and oxygen atoms in total. The molecule has 156 valence electrons. The number of rotatable bonds is 6. The van der Waals surface area contributed by atoms with Crippen molar-refractivity contribution in [2.24, 2.45) is 5.92 Å². The van der Waals surface area contributed by atoms with Crippen LogP contribution in [-0.4, -0.2) is 53.5 Å². The van der Waals surface area contributed by atoms with Crippen LogP contribution in [0.25, 0.3) is 16.9 Å². The summed E-state index contributed by atoms with van der Waals surface area (Å²) in [4.78, 5) is 11.8. The Kier molecular flexibility index (Phi) is 5.22. The van der Waals surface area contributed by atoms with Crippen LogP contribution in [0, 0.1) is 12.8 Å². The van der Waals surface area contributed by atoms with Crippen LogP contribution in [-0.2, 0) is 6.42 Å². The van der Waals surface area contributed by atoms with Crippen molar-refractivity contribution in [3.63, 3.8) is 0 Å². The second-order valence-electron chi connectivity index (χ2n) is 8.14. The van der Waals surface area contributed by atoms with Gasteiger partial charge in [0.15, 0.2) is 11.5 Å². The second kappa shape index (κ2) is 8.16. The number of nitrogens with one attached hydrogen (secondary N) is 2. The third kappa shape index (κ3) is 3.95. The van der Waals surface area contributed by atoms with Gasteiger partial charge in [-0.05, 0) is 56.4 Å². The maximum absolute atomic E-state index is 4.68. The fraction of sp³-hybridized carbons (Fsp3) is 0.429. The van der Waals surface area contributed by atoms with Gasteiger partial charge in [-0.2, -0.15) is 9.47 Å². The first-order valence-corrected chi connectivity index (χ1v) is 11.2. The lowest BCUT2D eigenvalue weighted by Gasteiger charge is -2.29. The molecule has 1 fully saturated rings. The van der Waals surface area contributed by atoms with Crippen LogP contribution in [0.3, 0.4) is 0 Å². The van der Waals surface area contributed by atoms with Gasteiger partial charge < -0.3 is 10.2 Å². The smallest absolute Gasteiger partial charge is 0.180 e. The number of aromatic amines is 1. The summed E-state index contributed by atoms with van der Waals surface area (Å²) in [5.74, 6) is 1.61. The van der Waals surface area contributed by atoms with Crippen molar-refractivity contribution in [1.29, 1.82) is 0 Å². The fourth-order valence-corrected chi connectivity index (χ4v) is 4.65. The Balaban J connectivity index is 1.31. The zero-order chi connectivity index (χ0) is 20.5. The summed E-state index contributed by atoms with van der Waals surface area (Å²) in [5, 5.41) is 11.3. The van der Waals surface area contributed by atoms with Gasteiger partial charge in [0, 0.05) is 30.9 Å². The molecule has 2 N–H and O–H groups in total. The molecule has 4 aromatic rings. The lowest BCUT2D eigenvalue weighted by atomic mass is 9.99. The van der Waals surface area contributed by atoms with Crippen molar-refractivity contribution in [3.05, 3.63) is 42.2 Å². The predicted molar refractivity (Wildman–Crippen MR) is 119 cm³/mol. The van der Waals surface area contributed by atoms with Crippen molar-refractivity contribution in [2.75, 3.05) is 25.0 Å². The number of fused-ring (bicyclic) bond motifs is 1. The molecule has 0 saturated carbocycles. The number of hydrogen-bond acceptors (Lipinski definition) is 7. The summed E-state index contributed by atoms with van der Waals surface area (Å²) in [7, 11) is 0. The summed E-state index contributed by atoms with van der Waals surface area (Å²) in [5.41, 5.74) is 4.80. The lowest BCUT2D eigenvalue weighted by molar-refractivity contribution is 0.194. The molecule has 0 bridgehead atoms. The Morgan fingerprint density at radius 2 is 2.13 bits per heavy atom.